The van der Waals surface area contributed by atoms with Crippen LogP contribution in [0.25, 0.3) is 11.3 Å². The van der Waals surface area contributed by atoms with Crippen molar-refractivity contribution >= 4 is 15.9 Å². The van der Waals surface area contributed by atoms with Gasteiger partial charge >= 0.3 is 0 Å². The molecule has 2 rings (SSSR count). The lowest BCUT2D eigenvalue weighted by Gasteiger charge is -2.01. The van der Waals surface area contributed by atoms with Gasteiger partial charge in [-0.3, -0.25) is 0 Å². The molecule has 0 unspecified atom stereocenters. The largest absolute Gasteiger partial charge is 0.441 e. The summed E-state index contributed by atoms with van der Waals surface area (Å²) in [7, 11) is 1.67. The topological polar surface area (TPSA) is 47.3 Å². The molecule has 2 aromatic rings. The molecule has 0 spiro atoms. The Balaban J connectivity index is 1.93. The molecule has 0 saturated heterocycles. The minimum Gasteiger partial charge on any atom is -0.441 e. The van der Waals surface area contributed by atoms with Crippen LogP contribution in [0.4, 0.5) is 4.39 Å². The molecule has 0 aliphatic heterocycles. The van der Waals surface area contributed by atoms with E-state index >= 15 is 0 Å². The normalized spacial score (nSPS) is 10.9. The van der Waals surface area contributed by atoms with Crippen LogP contribution < -0.4 is 5.32 Å². The van der Waals surface area contributed by atoms with E-state index in [9.17, 15) is 4.39 Å². The molecule has 0 saturated carbocycles. The number of rotatable bonds is 7. The molecular formula is C14H16BrFN2O2. The molecule has 0 amide bonds. The Hall–Kier alpha value is -1.24. The number of methoxy groups -OCH3 is 1. The average Bonchev–Trinajstić information content (AvgIpc) is 2.90. The highest BCUT2D eigenvalue weighted by Gasteiger charge is 2.08. The Bertz CT molecular complexity index is 560. The number of hydrogen-bond donors (Lipinski definition) is 1. The zero-order valence-electron chi connectivity index (χ0n) is 11.2. The van der Waals surface area contributed by atoms with Gasteiger partial charge in [0.1, 0.15) is 5.82 Å². The molecule has 108 valence electrons. The SMILES string of the molecule is COCCNCCc1ncc(-c2ccc(F)c(Br)c2)o1. The maximum atomic E-state index is 13.2. The quantitative estimate of drug-likeness (QED) is 0.785. The minimum absolute atomic E-state index is 0.296. The molecule has 0 fully saturated rings. The molecule has 0 atom stereocenters. The first-order valence-electron chi connectivity index (χ1n) is 6.30. The van der Waals surface area contributed by atoms with Gasteiger partial charge in [-0.2, -0.15) is 0 Å². The van der Waals surface area contributed by atoms with Crippen LogP contribution in [0.1, 0.15) is 5.89 Å². The fraction of sp³-hybridized carbons (Fsp3) is 0.357. The molecule has 1 aromatic carbocycles. The maximum Gasteiger partial charge on any atom is 0.196 e. The van der Waals surface area contributed by atoms with E-state index in [1.54, 1.807) is 25.4 Å². The van der Waals surface area contributed by atoms with Crippen molar-refractivity contribution in [2.75, 3.05) is 26.8 Å². The van der Waals surface area contributed by atoms with Gasteiger partial charge in [0.05, 0.1) is 17.3 Å². The van der Waals surface area contributed by atoms with Gasteiger partial charge in [0.15, 0.2) is 11.7 Å². The fourth-order valence-electron chi connectivity index (χ4n) is 1.70. The zero-order valence-corrected chi connectivity index (χ0v) is 12.7. The molecule has 20 heavy (non-hydrogen) atoms. The van der Waals surface area contributed by atoms with E-state index < -0.39 is 0 Å². The lowest BCUT2D eigenvalue weighted by atomic mass is 10.2. The van der Waals surface area contributed by atoms with Crippen molar-refractivity contribution in [1.29, 1.82) is 0 Å². The monoisotopic (exact) mass is 342 g/mol. The van der Waals surface area contributed by atoms with Crippen molar-refractivity contribution in [3.63, 3.8) is 0 Å². The van der Waals surface area contributed by atoms with Crippen molar-refractivity contribution in [3.8, 4) is 11.3 Å². The number of halogens is 2. The van der Waals surface area contributed by atoms with E-state index in [1.165, 1.54) is 6.07 Å². The molecule has 4 nitrogen and oxygen atoms in total. The summed E-state index contributed by atoms with van der Waals surface area (Å²) in [5, 5.41) is 3.22. The van der Waals surface area contributed by atoms with Gasteiger partial charge in [-0.25, -0.2) is 9.37 Å². The van der Waals surface area contributed by atoms with Crippen LogP contribution in [0, 0.1) is 5.82 Å². The first kappa shape index (κ1) is 15.2. The van der Waals surface area contributed by atoms with Gasteiger partial charge in [0.25, 0.3) is 0 Å². The van der Waals surface area contributed by atoms with Crippen LogP contribution in [0.5, 0.6) is 0 Å². The Labute approximate surface area is 125 Å². The molecular weight excluding hydrogens is 327 g/mol. The summed E-state index contributed by atoms with van der Waals surface area (Å²) in [6.45, 7) is 2.26. The van der Waals surface area contributed by atoms with Crippen LogP contribution >= 0.6 is 15.9 Å². The van der Waals surface area contributed by atoms with Crippen LogP contribution in [0.3, 0.4) is 0 Å². The van der Waals surface area contributed by atoms with E-state index in [1.807, 2.05) is 0 Å². The smallest absolute Gasteiger partial charge is 0.196 e. The van der Waals surface area contributed by atoms with Gasteiger partial charge in [-0.15, -0.1) is 0 Å². The van der Waals surface area contributed by atoms with E-state index in [2.05, 4.69) is 26.2 Å². The molecule has 1 aromatic heterocycles. The molecule has 0 aliphatic rings. The van der Waals surface area contributed by atoms with Crippen molar-refractivity contribution in [2.45, 2.75) is 6.42 Å². The van der Waals surface area contributed by atoms with E-state index in [-0.39, 0.29) is 5.82 Å². The predicted molar refractivity (Wildman–Crippen MR) is 78.0 cm³/mol. The minimum atomic E-state index is -0.296. The summed E-state index contributed by atoms with van der Waals surface area (Å²) < 4.78 is 24.2. The van der Waals surface area contributed by atoms with Gasteiger partial charge in [-0.1, -0.05) is 0 Å². The van der Waals surface area contributed by atoms with E-state index in [4.69, 9.17) is 9.15 Å². The van der Waals surface area contributed by atoms with Crippen LogP contribution in [0.15, 0.2) is 33.3 Å². The Morgan fingerprint density at radius 2 is 2.25 bits per heavy atom. The highest BCUT2D eigenvalue weighted by molar-refractivity contribution is 9.10. The second kappa shape index (κ2) is 7.52. The number of nitrogens with zero attached hydrogens (tertiary/aromatic N) is 1. The third kappa shape index (κ3) is 4.13. The summed E-state index contributed by atoms with van der Waals surface area (Å²) >= 11 is 3.16. The summed E-state index contributed by atoms with van der Waals surface area (Å²) in [5.41, 5.74) is 0.796. The van der Waals surface area contributed by atoms with Gasteiger partial charge in [0.2, 0.25) is 0 Å². The standard InChI is InChI=1S/C14H16BrFN2O2/c1-19-7-6-17-5-4-14-18-9-13(20-14)10-2-3-12(16)11(15)8-10/h2-3,8-9,17H,4-7H2,1H3. The van der Waals surface area contributed by atoms with E-state index in [0.29, 0.717) is 29.2 Å². The zero-order chi connectivity index (χ0) is 14.4. The Morgan fingerprint density at radius 3 is 3.00 bits per heavy atom. The summed E-state index contributed by atoms with van der Waals surface area (Å²) in [5.74, 6) is 0.999. The first-order valence-corrected chi connectivity index (χ1v) is 7.10. The third-order valence-corrected chi connectivity index (χ3v) is 3.36. The number of oxazole rings is 1. The van der Waals surface area contributed by atoms with Gasteiger partial charge in [-0.05, 0) is 34.1 Å². The van der Waals surface area contributed by atoms with Crippen LogP contribution in [-0.2, 0) is 11.2 Å². The predicted octanol–water partition coefficient (Wildman–Crippen LogP) is 3.02. The first-order chi connectivity index (χ1) is 9.70. The maximum absolute atomic E-state index is 13.2. The lowest BCUT2D eigenvalue weighted by Crippen LogP contribution is -2.21. The highest BCUT2D eigenvalue weighted by atomic mass is 79.9. The van der Waals surface area contributed by atoms with Crippen molar-refractivity contribution < 1.29 is 13.5 Å². The number of aromatic nitrogens is 1. The molecule has 1 heterocycles. The molecule has 6 heteroatoms. The molecule has 1 N–H and O–H groups in total. The van der Waals surface area contributed by atoms with Crippen molar-refractivity contribution in [3.05, 3.63) is 40.6 Å². The van der Waals surface area contributed by atoms with Gasteiger partial charge in [0, 0.05) is 32.2 Å². The average molecular weight is 343 g/mol. The Kier molecular flexibility index (Phi) is 5.70. The molecule has 0 bridgehead atoms. The third-order valence-electron chi connectivity index (χ3n) is 2.76. The van der Waals surface area contributed by atoms with Crippen LogP contribution in [-0.4, -0.2) is 31.8 Å². The lowest BCUT2D eigenvalue weighted by molar-refractivity contribution is 0.199. The second-order valence-corrected chi connectivity index (χ2v) is 5.09. The number of benzene rings is 1. The summed E-state index contributed by atoms with van der Waals surface area (Å²) in [6, 6.07) is 4.74. The van der Waals surface area contributed by atoms with E-state index in [0.717, 1.165) is 18.7 Å². The Morgan fingerprint density at radius 1 is 1.40 bits per heavy atom. The fourth-order valence-corrected chi connectivity index (χ4v) is 2.08. The van der Waals surface area contributed by atoms with Crippen LogP contribution in [0.2, 0.25) is 0 Å². The molecule has 0 radical (unpaired) electrons. The second-order valence-electron chi connectivity index (χ2n) is 4.24. The van der Waals surface area contributed by atoms with Gasteiger partial charge < -0.3 is 14.5 Å². The van der Waals surface area contributed by atoms with Crippen molar-refractivity contribution in [2.24, 2.45) is 0 Å². The summed E-state index contributed by atoms with van der Waals surface area (Å²) in [4.78, 5) is 4.22. The number of nitrogens with one attached hydrogen (secondary N) is 1. The molecule has 0 aliphatic carbocycles. The number of ether oxygens (including phenoxy) is 1. The highest BCUT2D eigenvalue weighted by Crippen LogP contribution is 2.25. The van der Waals surface area contributed by atoms with Crippen molar-refractivity contribution in [1.82, 2.24) is 10.3 Å². The number of hydrogen-bond acceptors (Lipinski definition) is 4. The summed E-state index contributed by atoms with van der Waals surface area (Å²) in [6.07, 6.45) is 2.36.